The van der Waals surface area contributed by atoms with E-state index in [9.17, 15) is 14.0 Å². The molecule has 2 heterocycles. The van der Waals surface area contributed by atoms with Crippen LogP contribution in [0.1, 0.15) is 46.8 Å². The van der Waals surface area contributed by atoms with E-state index >= 15 is 0 Å². The summed E-state index contributed by atoms with van der Waals surface area (Å²) in [4.78, 5) is 29.7. The van der Waals surface area contributed by atoms with Gasteiger partial charge in [-0.25, -0.2) is 4.39 Å². The van der Waals surface area contributed by atoms with Gasteiger partial charge in [-0.05, 0) is 68.1 Å². The van der Waals surface area contributed by atoms with Gasteiger partial charge in [0.05, 0.1) is 11.6 Å². The minimum atomic E-state index is -0.649. The molecule has 35 heavy (non-hydrogen) atoms. The highest BCUT2D eigenvalue weighted by atomic mass is 35.5. The Morgan fingerprint density at radius 2 is 2.06 bits per heavy atom. The van der Waals surface area contributed by atoms with E-state index in [0.29, 0.717) is 37.0 Å². The number of piperazine rings is 1. The molecule has 1 N–H and O–H groups in total. The van der Waals surface area contributed by atoms with Crippen molar-refractivity contribution in [1.29, 1.82) is 5.26 Å². The third-order valence-corrected chi connectivity index (χ3v) is 6.83. The quantitative estimate of drug-likeness (QED) is 0.670. The van der Waals surface area contributed by atoms with E-state index in [4.69, 9.17) is 21.6 Å². The topological polar surface area (TPSA) is 85.7 Å². The van der Waals surface area contributed by atoms with Gasteiger partial charge in [-0.15, -0.1) is 0 Å². The lowest BCUT2D eigenvalue weighted by Gasteiger charge is -2.41. The van der Waals surface area contributed by atoms with E-state index in [0.717, 1.165) is 42.6 Å². The number of rotatable bonds is 5. The Bertz CT molecular complexity index is 1180. The summed E-state index contributed by atoms with van der Waals surface area (Å²) >= 11 is 6.37. The molecule has 0 aliphatic carbocycles. The molecule has 0 bridgehead atoms. The van der Waals surface area contributed by atoms with Crippen molar-refractivity contribution < 1.29 is 18.7 Å². The van der Waals surface area contributed by atoms with Gasteiger partial charge in [0.25, 0.3) is 11.8 Å². The minimum absolute atomic E-state index is 0.0569. The Kier molecular flexibility index (Phi) is 7.70. The largest absolute Gasteiger partial charge is 0.368 e. The van der Waals surface area contributed by atoms with Gasteiger partial charge in [0.15, 0.2) is 0 Å². The van der Waals surface area contributed by atoms with Crippen molar-refractivity contribution in [2.24, 2.45) is 0 Å². The average molecular weight is 499 g/mol. The number of carbonyl (C=O) groups is 2. The smallest absolute Gasteiger partial charge is 0.255 e. The fourth-order valence-corrected chi connectivity index (χ4v) is 4.95. The van der Waals surface area contributed by atoms with Gasteiger partial charge in [-0.2, -0.15) is 5.26 Å². The zero-order chi connectivity index (χ0) is 25.1. The van der Waals surface area contributed by atoms with E-state index in [1.165, 1.54) is 6.07 Å². The highest BCUT2D eigenvalue weighted by Crippen LogP contribution is 2.28. The average Bonchev–Trinajstić information content (AvgIpc) is 3.36. The Labute approximate surface area is 209 Å². The number of nitriles is 1. The van der Waals surface area contributed by atoms with Crippen molar-refractivity contribution in [3.8, 4) is 6.07 Å². The maximum atomic E-state index is 13.8. The fourth-order valence-electron chi connectivity index (χ4n) is 4.71. The van der Waals surface area contributed by atoms with E-state index < -0.39 is 11.7 Å². The molecule has 2 amide bonds. The van der Waals surface area contributed by atoms with E-state index in [1.807, 2.05) is 30.9 Å². The van der Waals surface area contributed by atoms with Gasteiger partial charge >= 0.3 is 0 Å². The molecule has 184 valence electrons. The monoisotopic (exact) mass is 498 g/mol. The van der Waals surface area contributed by atoms with Gasteiger partial charge in [0.1, 0.15) is 11.9 Å². The van der Waals surface area contributed by atoms with E-state index in [1.54, 1.807) is 6.07 Å². The van der Waals surface area contributed by atoms with Crippen LogP contribution in [0.5, 0.6) is 0 Å². The summed E-state index contributed by atoms with van der Waals surface area (Å²) in [7, 11) is 0. The van der Waals surface area contributed by atoms with E-state index in [-0.39, 0.29) is 29.2 Å². The summed E-state index contributed by atoms with van der Waals surface area (Å²) in [5, 5.41) is 12.3. The molecule has 0 spiro atoms. The second kappa shape index (κ2) is 10.7. The molecule has 2 aromatic carbocycles. The van der Waals surface area contributed by atoms with Crippen LogP contribution in [-0.4, -0.2) is 60.0 Å². The molecule has 0 saturated carbocycles. The molecule has 2 atom stereocenters. The number of nitrogens with zero attached hydrogens (tertiary/aromatic N) is 3. The first-order valence-electron chi connectivity index (χ1n) is 11.7. The first-order chi connectivity index (χ1) is 16.7. The normalized spacial score (nSPS) is 20.5. The molecular weight excluding hydrogens is 471 g/mol. The molecule has 2 saturated heterocycles. The third kappa shape index (κ3) is 5.81. The minimum Gasteiger partial charge on any atom is -0.368 e. The summed E-state index contributed by atoms with van der Waals surface area (Å²) in [6, 6.07) is 8.95. The lowest BCUT2D eigenvalue weighted by molar-refractivity contribution is -0.145. The molecule has 7 nitrogen and oxygen atoms in total. The van der Waals surface area contributed by atoms with Crippen molar-refractivity contribution in [3.05, 3.63) is 63.4 Å². The van der Waals surface area contributed by atoms with Gasteiger partial charge in [-0.1, -0.05) is 11.6 Å². The zero-order valence-corrected chi connectivity index (χ0v) is 20.6. The fraction of sp³-hybridized carbons (Fsp3) is 0.423. The second-order valence-electron chi connectivity index (χ2n) is 9.15. The standard InChI is InChI=1S/C26H28ClFN4O3/c1-16-14-31(5-6-32(16)26(34)24-4-3-7-35-24)15-20-10-21(27)12-23(17(20)2)30-25(33)19-8-18(13-29)9-22(28)11-19/h8-12,16,24H,3-7,14-15H2,1-2H3,(H,30,33)/t16-,24+/m0/s1. The molecule has 4 rings (SSSR count). The zero-order valence-electron chi connectivity index (χ0n) is 19.8. The summed E-state index contributed by atoms with van der Waals surface area (Å²) in [5.41, 5.74) is 2.47. The van der Waals surface area contributed by atoms with Crippen LogP contribution in [0.2, 0.25) is 5.02 Å². The van der Waals surface area contributed by atoms with Crippen LogP contribution in [-0.2, 0) is 16.1 Å². The second-order valence-corrected chi connectivity index (χ2v) is 9.59. The molecule has 2 aromatic rings. The van der Waals surface area contributed by atoms with Crippen molar-refractivity contribution in [2.45, 2.75) is 45.4 Å². The lowest BCUT2D eigenvalue weighted by Crippen LogP contribution is -2.55. The molecular formula is C26H28ClFN4O3. The van der Waals surface area contributed by atoms with Crippen molar-refractivity contribution in [2.75, 3.05) is 31.6 Å². The summed E-state index contributed by atoms with van der Waals surface area (Å²) < 4.78 is 19.4. The predicted molar refractivity (Wildman–Crippen MR) is 131 cm³/mol. The van der Waals surface area contributed by atoms with Crippen LogP contribution >= 0.6 is 11.6 Å². The molecule has 2 fully saturated rings. The highest BCUT2D eigenvalue weighted by Gasteiger charge is 2.34. The van der Waals surface area contributed by atoms with Gasteiger partial charge in [0.2, 0.25) is 0 Å². The number of halogens is 2. The number of anilines is 1. The molecule has 0 aromatic heterocycles. The summed E-state index contributed by atoms with van der Waals surface area (Å²) in [6.45, 7) is 7.27. The predicted octanol–water partition coefficient (Wildman–Crippen LogP) is 4.12. The first-order valence-corrected chi connectivity index (χ1v) is 12.1. The van der Waals surface area contributed by atoms with Gasteiger partial charge < -0.3 is 15.0 Å². The third-order valence-electron chi connectivity index (χ3n) is 6.61. The summed E-state index contributed by atoms with van der Waals surface area (Å²) in [5.74, 6) is -1.09. The van der Waals surface area contributed by atoms with Crippen LogP contribution in [0.25, 0.3) is 0 Å². The number of hydrogen-bond acceptors (Lipinski definition) is 5. The number of amides is 2. The number of hydrogen-bond donors (Lipinski definition) is 1. The van der Waals surface area contributed by atoms with E-state index in [2.05, 4.69) is 10.2 Å². The number of benzene rings is 2. The van der Waals surface area contributed by atoms with Crippen molar-refractivity contribution >= 4 is 29.1 Å². The Morgan fingerprint density at radius 3 is 2.74 bits per heavy atom. The van der Waals surface area contributed by atoms with Crippen LogP contribution < -0.4 is 5.32 Å². The van der Waals surface area contributed by atoms with Crippen LogP contribution in [0.4, 0.5) is 10.1 Å². The van der Waals surface area contributed by atoms with Crippen LogP contribution in [0.3, 0.4) is 0 Å². The number of ether oxygens (including phenoxy) is 1. The maximum Gasteiger partial charge on any atom is 0.255 e. The Morgan fingerprint density at radius 1 is 1.26 bits per heavy atom. The summed E-state index contributed by atoms with van der Waals surface area (Å²) in [6.07, 6.45) is 1.40. The highest BCUT2D eigenvalue weighted by molar-refractivity contribution is 6.31. The van der Waals surface area contributed by atoms with Gasteiger partial charge in [0, 0.05) is 55.1 Å². The van der Waals surface area contributed by atoms with Crippen LogP contribution in [0, 0.1) is 24.1 Å². The first kappa shape index (κ1) is 25.1. The van der Waals surface area contributed by atoms with Crippen molar-refractivity contribution in [1.82, 2.24) is 9.80 Å². The van der Waals surface area contributed by atoms with Crippen molar-refractivity contribution in [3.63, 3.8) is 0 Å². The molecule has 0 radical (unpaired) electrons. The number of nitrogens with one attached hydrogen (secondary N) is 1. The number of carbonyl (C=O) groups excluding carboxylic acids is 2. The Hall–Kier alpha value is -2.99. The Balaban J connectivity index is 1.45. The lowest BCUT2D eigenvalue weighted by atomic mass is 10.0. The molecule has 9 heteroatoms. The molecule has 0 unspecified atom stereocenters. The molecule has 2 aliphatic rings. The van der Waals surface area contributed by atoms with Gasteiger partial charge in [-0.3, -0.25) is 14.5 Å². The molecule has 2 aliphatic heterocycles. The SMILES string of the molecule is Cc1c(CN2CCN(C(=O)[C@H]3CCCO3)[C@@H](C)C2)cc(Cl)cc1NC(=O)c1cc(F)cc(C#N)c1. The maximum absolute atomic E-state index is 13.8. The van der Waals surface area contributed by atoms with Crippen LogP contribution in [0.15, 0.2) is 30.3 Å².